The molecular weight excluding hydrogens is 389 g/mol. The number of aromatic nitrogens is 2. The maximum absolute atomic E-state index is 13.0. The second-order valence-corrected chi connectivity index (χ2v) is 7.21. The van der Waals surface area contributed by atoms with Gasteiger partial charge < -0.3 is 20.2 Å². The fourth-order valence-electron chi connectivity index (χ4n) is 3.14. The zero-order valence-corrected chi connectivity index (χ0v) is 17.0. The third-order valence-electron chi connectivity index (χ3n) is 4.89. The van der Waals surface area contributed by atoms with E-state index in [1.807, 2.05) is 0 Å². The quantitative estimate of drug-likeness (QED) is 0.693. The highest BCUT2D eigenvalue weighted by Gasteiger charge is 2.26. The molecule has 0 atom stereocenters. The zero-order valence-electron chi connectivity index (χ0n) is 17.0. The minimum atomic E-state index is -0.566. The molecule has 1 aromatic heterocycles. The van der Waals surface area contributed by atoms with E-state index in [1.165, 1.54) is 21.6 Å². The van der Waals surface area contributed by atoms with Crippen molar-refractivity contribution in [3.05, 3.63) is 76.4 Å². The molecule has 0 saturated carbocycles. The average Bonchev–Trinajstić information content (AvgIpc) is 2.74. The molecule has 1 amide bonds. The first-order valence-electron chi connectivity index (χ1n) is 9.34. The van der Waals surface area contributed by atoms with E-state index >= 15 is 0 Å². The van der Waals surface area contributed by atoms with E-state index in [1.54, 1.807) is 31.1 Å². The van der Waals surface area contributed by atoms with Gasteiger partial charge in [-0.1, -0.05) is 25.3 Å². The molecule has 1 aromatic carbocycles. The Bertz CT molecular complexity index is 1060. The Balaban J connectivity index is 1.81. The monoisotopic (exact) mass is 413 g/mol. The Morgan fingerprint density at radius 1 is 1.27 bits per heavy atom. The summed E-state index contributed by atoms with van der Waals surface area (Å²) in [5.41, 5.74) is 0.848. The van der Waals surface area contributed by atoms with E-state index < -0.39 is 11.3 Å². The van der Waals surface area contributed by atoms with Crippen LogP contribution in [0.25, 0.3) is 5.70 Å². The van der Waals surface area contributed by atoms with Gasteiger partial charge in [0.25, 0.3) is 11.5 Å². The second kappa shape index (κ2) is 8.40. The molecule has 8 nitrogen and oxygen atoms in total. The van der Waals surface area contributed by atoms with Gasteiger partial charge in [0.15, 0.2) is 0 Å². The number of hydrogen-bond donors (Lipinski definition) is 2. The van der Waals surface area contributed by atoms with Gasteiger partial charge >= 0.3 is 0 Å². The third kappa shape index (κ3) is 4.19. The number of nitrogens with one attached hydrogen (secondary N) is 1. The van der Waals surface area contributed by atoms with Gasteiger partial charge in [0.2, 0.25) is 5.75 Å². The van der Waals surface area contributed by atoms with Crippen LogP contribution in [-0.2, 0) is 24.4 Å². The first kappa shape index (κ1) is 21.1. The number of halogens is 1. The van der Waals surface area contributed by atoms with E-state index in [9.17, 15) is 19.1 Å². The molecule has 0 unspecified atom stereocenters. The van der Waals surface area contributed by atoms with Crippen LogP contribution in [0.5, 0.6) is 5.75 Å². The van der Waals surface area contributed by atoms with Crippen molar-refractivity contribution in [1.29, 1.82) is 0 Å². The lowest BCUT2D eigenvalue weighted by molar-refractivity contribution is -0.126. The molecule has 3 rings (SSSR count). The number of hydrogen-bond acceptors (Lipinski definition) is 6. The highest BCUT2D eigenvalue weighted by Crippen LogP contribution is 2.21. The third-order valence-corrected chi connectivity index (χ3v) is 4.89. The Labute approximate surface area is 173 Å². The number of aromatic hydroxyl groups is 1. The molecule has 2 N–H and O–H groups in total. The summed E-state index contributed by atoms with van der Waals surface area (Å²) >= 11 is 0. The lowest BCUT2D eigenvalue weighted by Gasteiger charge is -2.32. The number of benzene rings is 1. The van der Waals surface area contributed by atoms with Gasteiger partial charge in [-0.15, -0.1) is 0 Å². The molecule has 9 heteroatoms. The first-order valence-corrected chi connectivity index (χ1v) is 9.34. The highest BCUT2D eigenvalue weighted by molar-refractivity contribution is 5.91. The van der Waals surface area contributed by atoms with Crippen molar-refractivity contribution >= 4 is 11.6 Å². The lowest BCUT2D eigenvalue weighted by atomic mass is 10.2. The number of carbonyl (C=O) groups excluding carboxylic acids is 1. The summed E-state index contributed by atoms with van der Waals surface area (Å²) in [6.07, 6.45) is 0. The van der Waals surface area contributed by atoms with E-state index in [-0.39, 0.29) is 36.2 Å². The van der Waals surface area contributed by atoms with Gasteiger partial charge in [0, 0.05) is 33.7 Å². The van der Waals surface area contributed by atoms with Crippen LogP contribution < -0.4 is 10.9 Å². The number of fused-ring (bicyclic) bond motifs is 1. The Morgan fingerprint density at radius 3 is 2.57 bits per heavy atom. The van der Waals surface area contributed by atoms with Crippen LogP contribution in [0.15, 0.2) is 47.9 Å². The molecule has 0 spiro atoms. The fourth-order valence-corrected chi connectivity index (χ4v) is 3.14. The highest BCUT2D eigenvalue weighted by atomic mass is 19.1. The maximum atomic E-state index is 13.0. The maximum Gasteiger partial charge on any atom is 0.296 e. The average molecular weight is 413 g/mol. The Morgan fingerprint density at radius 2 is 1.93 bits per heavy atom. The molecule has 0 bridgehead atoms. The molecule has 2 heterocycles. The van der Waals surface area contributed by atoms with Crippen LogP contribution in [0, 0.1) is 5.82 Å². The lowest BCUT2D eigenvalue weighted by Crippen LogP contribution is -2.43. The Hall–Kier alpha value is -3.62. The molecule has 30 heavy (non-hydrogen) atoms. The van der Waals surface area contributed by atoms with Crippen molar-refractivity contribution < 1.29 is 14.3 Å². The molecule has 0 saturated heterocycles. The van der Waals surface area contributed by atoms with Gasteiger partial charge in [0.1, 0.15) is 17.3 Å². The van der Waals surface area contributed by atoms with Crippen LogP contribution in [0.1, 0.15) is 17.1 Å². The summed E-state index contributed by atoms with van der Waals surface area (Å²) < 4.78 is 14.4. The van der Waals surface area contributed by atoms with Gasteiger partial charge in [0.05, 0.1) is 17.9 Å². The second-order valence-electron chi connectivity index (χ2n) is 7.21. The summed E-state index contributed by atoms with van der Waals surface area (Å²) in [5.74, 6) is -0.655. The molecule has 1 aliphatic rings. The molecule has 0 radical (unpaired) electrons. The topological polar surface area (TPSA) is 90.7 Å². The number of rotatable bonds is 6. The molecule has 0 fully saturated rings. The van der Waals surface area contributed by atoms with Crippen molar-refractivity contribution in [2.45, 2.75) is 19.6 Å². The number of likely N-dealkylation sites (N-methyl/N-ethyl adjacent to an activating group) is 1. The smallest absolute Gasteiger partial charge is 0.296 e. The van der Waals surface area contributed by atoms with E-state index in [0.29, 0.717) is 24.6 Å². The first-order chi connectivity index (χ1) is 14.2. The van der Waals surface area contributed by atoms with E-state index in [0.717, 1.165) is 5.56 Å². The van der Waals surface area contributed by atoms with Crippen LogP contribution in [0.3, 0.4) is 0 Å². The summed E-state index contributed by atoms with van der Waals surface area (Å²) in [6.45, 7) is 8.90. The summed E-state index contributed by atoms with van der Waals surface area (Å²) in [6, 6.07) is 5.93. The summed E-state index contributed by atoms with van der Waals surface area (Å²) in [5, 5.41) is 13.4. The van der Waals surface area contributed by atoms with Crippen molar-refractivity contribution in [2.24, 2.45) is 0 Å². The standard InChI is InChI=1S/C21H24FN5O3/c1-13(23-11-15-5-7-16(22)8-6-15)18-19(28)21(30)27-10-9-26(12-17(27)24-18)14(2)20(29)25(3)4/h5-8,23,28H,1-2,9-12H2,3-4H3. The molecular formula is C21H24FN5O3. The number of amides is 1. The van der Waals surface area contributed by atoms with Crippen LogP contribution in [0.2, 0.25) is 0 Å². The SMILES string of the molecule is C=C(NCc1ccc(F)cc1)c1nc2n(c(=O)c1O)CCN(C(=C)C(=O)N(C)C)C2. The van der Waals surface area contributed by atoms with Crippen LogP contribution in [0.4, 0.5) is 4.39 Å². The van der Waals surface area contributed by atoms with Crippen molar-refractivity contribution in [3.8, 4) is 5.75 Å². The van der Waals surface area contributed by atoms with Crippen molar-refractivity contribution in [2.75, 3.05) is 20.6 Å². The van der Waals surface area contributed by atoms with E-state index in [2.05, 4.69) is 23.5 Å². The number of nitrogens with zero attached hydrogens (tertiary/aromatic N) is 4. The van der Waals surface area contributed by atoms with Gasteiger partial charge in [-0.2, -0.15) is 0 Å². The molecule has 158 valence electrons. The largest absolute Gasteiger partial charge is 0.501 e. The fraction of sp³-hybridized carbons (Fsp3) is 0.286. The number of carbonyl (C=O) groups is 1. The predicted molar refractivity (Wildman–Crippen MR) is 111 cm³/mol. The van der Waals surface area contributed by atoms with Gasteiger partial charge in [-0.05, 0) is 17.7 Å². The van der Waals surface area contributed by atoms with Gasteiger partial charge in [-0.3, -0.25) is 14.2 Å². The summed E-state index contributed by atoms with van der Waals surface area (Å²) in [4.78, 5) is 32.4. The normalized spacial score (nSPS) is 12.8. The molecule has 2 aromatic rings. The van der Waals surface area contributed by atoms with Crippen molar-refractivity contribution in [3.63, 3.8) is 0 Å². The van der Waals surface area contributed by atoms with Gasteiger partial charge in [-0.25, -0.2) is 9.37 Å². The minimum Gasteiger partial charge on any atom is -0.501 e. The van der Waals surface area contributed by atoms with E-state index in [4.69, 9.17) is 0 Å². The molecule has 0 aliphatic carbocycles. The van der Waals surface area contributed by atoms with Crippen LogP contribution >= 0.6 is 0 Å². The Kier molecular flexibility index (Phi) is 5.91. The minimum absolute atomic E-state index is 0.0414. The molecule has 1 aliphatic heterocycles. The zero-order chi connectivity index (χ0) is 22.0. The van der Waals surface area contributed by atoms with Crippen molar-refractivity contribution in [1.82, 2.24) is 24.7 Å². The summed E-state index contributed by atoms with van der Waals surface area (Å²) in [7, 11) is 3.28. The van der Waals surface area contributed by atoms with Crippen LogP contribution in [-0.4, -0.2) is 51.0 Å². The predicted octanol–water partition coefficient (Wildman–Crippen LogP) is 1.27.